The lowest BCUT2D eigenvalue weighted by Gasteiger charge is -2.08. The number of halogens is 1. The van der Waals surface area contributed by atoms with E-state index in [4.69, 9.17) is 0 Å². The first kappa shape index (κ1) is 13.8. The average molecular weight is 330 g/mol. The lowest BCUT2D eigenvalue weighted by Crippen LogP contribution is -2.31. The SMILES string of the molecule is CC(C)NC(=O)CSc1cc(Br)nc(C2CC2)n1. The van der Waals surface area contributed by atoms with E-state index in [1.165, 1.54) is 24.6 Å². The van der Waals surface area contributed by atoms with Crippen molar-refractivity contribution in [1.29, 1.82) is 0 Å². The van der Waals surface area contributed by atoms with Crippen molar-refractivity contribution in [3.63, 3.8) is 0 Å². The van der Waals surface area contributed by atoms with Gasteiger partial charge in [-0.3, -0.25) is 4.79 Å². The summed E-state index contributed by atoms with van der Waals surface area (Å²) in [6.07, 6.45) is 2.35. The molecule has 1 aliphatic rings. The molecule has 1 aromatic heterocycles. The third-order valence-electron chi connectivity index (χ3n) is 2.43. The van der Waals surface area contributed by atoms with Crippen LogP contribution in [0.2, 0.25) is 0 Å². The van der Waals surface area contributed by atoms with Gasteiger partial charge in [-0.05, 0) is 42.6 Å². The molecule has 0 unspecified atom stereocenters. The molecule has 1 saturated carbocycles. The highest BCUT2D eigenvalue weighted by Crippen LogP contribution is 2.39. The predicted molar refractivity (Wildman–Crippen MR) is 75.7 cm³/mol. The highest BCUT2D eigenvalue weighted by atomic mass is 79.9. The summed E-state index contributed by atoms with van der Waals surface area (Å²) in [6, 6.07) is 2.04. The lowest BCUT2D eigenvalue weighted by molar-refractivity contribution is -0.119. The van der Waals surface area contributed by atoms with Crippen molar-refractivity contribution < 1.29 is 4.79 Å². The maximum Gasteiger partial charge on any atom is 0.230 e. The number of thioether (sulfide) groups is 1. The van der Waals surface area contributed by atoms with Gasteiger partial charge in [0.15, 0.2) is 0 Å². The van der Waals surface area contributed by atoms with Crippen molar-refractivity contribution in [3.05, 3.63) is 16.5 Å². The molecular weight excluding hydrogens is 314 g/mol. The van der Waals surface area contributed by atoms with Crippen molar-refractivity contribution in [2.75, 3.05) is 5.75 Å². The minimum absolute atomic E-state index is 0.0395. The van der Waals surface area contributed by atoms with Gasteiger partial charge in [0.1, 0.15) is 15.5 Å². The molecule has 0 aromatic carbocycles. The van der Waals surface area contributed by atoms with E-state index in [0.717, 1.165) is 15.5 Å². The van der Waals surface area contributed by atoms with Crippen molar-refractivity contribution in [2.24, 2.45) is 0 Å². The molecule has 1 heterocycles. The Bertz CT molecular complexity index is 449. The van der Waals surface area contributed by atoms with Crippen LogP contribution in [0, 0.1) is 0 Å². The maximum atomic E-state index is 11.6. The molecule has 0 saturated heterocycles. The summed E-state index contributed by atoms with van der Waals surface area (Å²) in [4.78, 5) is 20.4. The number of rotatable bonds is 5. The summed E-state index contributed by atoms with van der Waals surface area (Å²) in [7, 11) is 0. The first-order valence-corrected chi connectivity index (χ1v) is 7.79. The van der Waals surface area contributed by atoms with Gasteiger partial charge in [-0.25, -0.2) is 9.97 Å². The van der Waals surface area contributed by atoms with Gasteiger partial charge in [0.25, 0.3) is 0 Å². The van der Waals surface area contributed by atoms with Crippen LogP contribution in [-0.4, -0.2) is 27.7 Å². The van der Waals surface area contributed by atoms with Crippen LogP contribution in [0.25, 0.3) is 0 Å². The van der Waals surface area contributed by atoms with Crippen molar-refractivity contribution in [3.8, 4) is 0 Å². The topological polar surface area (TPSA) is 54.9 Å². The van der Waals surface area contributed by atoms with E-state index >= 15 is 0 Å². The Morgan fingerprint density at radius 3 is 2.89 bits per heavy atom. The van der Waals surface area contributed by atoms with E-state index in [1.807, 2.05) is 19.9 Å². The van der Waals surface area contributed by atoms with E-state index < -0.39 is 0 Å². The molecule has 6 heteroatoms. The number of hydrogen-bond donors (Lipinski definition) is 1. The molecule has 1 aliphatic carbocycles. The molecule has 1 aromatic rings. The molecule has 1 N–H and O–H groups in total. The Labute approximate surface area is 119 Å². The second-order valence-electron chi connectivity index (χ2n) is 4.67. The van der Waals surface area contributed by atoms with Gasteiger partial charge in [0.05, 0.1) is 5.75 Å². The average Bonchev–Trinajstić information content (AvgIpc) is 3.08. The van der Waals surface area contributed by atoms with Gasteiger partial charge >= 0.3 is 0 Å². The minimum atomic E-state index is 0.0395. The smallest absolute Gasteiger partial charge is 0.230 e. The number of nitrogens with zero attached hydrogens (tertiary/aromatic N) is 2. The number of hydrogen-bond acceptors (Lipinski definition) is 4. The molecule has 2 rings (SSSR count). The van der Waals surface area contributed by atoms with Gasteiger partial charge < -0.3 is 5.32 Å². The summed E-state index contributed by atoms with van der Waals surface area (Å²) >= 11 is 4.84. The summed E-state index contributed by atoms with van der Waals surface area (Å²) in [6.45, 7) is 3.91. The second-order valence-corrected chi connectivity index (χ2v) is 6.48. The summed E-state index contributed by atoms with van der Waals surface area (Å²) in [5.41, 5.74) is 0. The van der Waals surface area contributed by atoms with Crippen LogP contribution in [0.15, 0.2) is 15.7 Å². The first-order chi connectivity index (χ1) is 8.54. The molecule has 1 amide bonds. The van der Waals surface area contributed by atoms with E-state index in [0.29, 0.717) is 11.7 Å². The summed E-state index contributed by atoms with van der Waals surface area (Å²) < 4.78 is 0.797. The maximum absolute atomic E-state index is 11.6. The van der Waals surface area contributed by atoms with Gasteiger partial charge in [0.2, 0.25) is 5.91 Å². The largest absolute Gasteiger partial charge is 0.353 e. The Morgan fingerprint density at radius 1 is 1.56 bits per heavy atom. The van der Waals surface area contributed by atoms with Gasteiger partial charge in [-0.1, -0.05) is 11.8 Å². The number of aromatic nitrogens is 2. The Hall–Kier alpha value is -0.620. The number of carbonyl (C=O) groups is 1. The van der Waals surface area contributed by atoms with E-state index in [-0.39, 0.29) is 11.9 Å². The molecular formula is C12H16BrN3OS. The third kappa shape index (κ3) is 4.24. The number of carbonyl (C=O) groups excluding carboxylic acids is 1. The quantitative estimate of drug-likeness (QED) is 0.666. The first-order valence-electron chi connectivity index (χ1n) is 6.01. The Morgan fingerprint density at radius 2 is 2.28 bits per heavy atom. The Kier molecular flexibility index (Phi) is 4.61. The minimum Gasteiger partial charge on any atom is -0.353 e. The molecule has 18 heavy (non-hydrogen) atoms. The molecule has 98 valence electrons. The van der Waals surface area contributed by atoms with Gasteiger partial charge in [0, 0.05) is 18.0 Å². The zero-order valence-corrected chi connectivity index (χ0v) is 12.8. The van der Waals surface area contributed by atoms with Crippen LogP contribution in [0.5, 0.6) is 0 Å². The Balaban J connectivity index is 1.94. The molecule has 0 bridgehead atoms. The molecule has 0 spiro atoms. The predicted octanol–water partition coefficient (Wildman–Crippen LogP) is 2.73. The fraction of sp³-hybridized carbons (Fsp3) is 0.583. The molecule has 0 atom stereocenters. The highest BCUT2D eigenvalue weighted by molar-refractivity contribution is 9.10. The molecule has 0 aliphatic heterocycles. The van der Waals surface area contributed by atoms with Crippen LogP contribution < -0.4 is 5.32 Å². The number of nitrogens with one attached hydrogen (secondary N) is 1. The van der Waals surface area contributed by atoms with Crippen LogP contribution in [-0.2, 0) is 4.79 Å². The van der Waals surface area contributed by atoms with E-state index in [2.05, 4.69) is 31.2 Å². The lowest BCUT2D eigenvalue weighted by atomic mass is 10.4. The normalized spacial score (nSPS) is 14.9. The fourth-order valence-corrected chi connectivity index (χ4v) is 2.78. The van der Waals surface area contributed by atoms with Crippen LogP contribution in [0.1, 0.15) is 38.4 Å². The molecule has 4 nitrogen and oxygen atoms in total. The second kappa shape index (κ2) is 6.02. The standard InChI is InChI=1S/C12H16BrN3OS/c1-7(2)14-10(17)6-18-11-5-9(13)15-12(16-11)8-3-4-8/h5,7-8H,3-4,6H2,1-2H3,(H,14,17). The zero-order valence-electron chi connectivity index (χ0n) is 10.4. The monoisotopic (exact) mass is 329 g/mol. The van der Waals surface area contributed by atoms with Crippen molar-refractivity contribution >= 4 is 33.6 Å². The summed E-state index contributed by atoms with van der Waals surface area (Å²) in [5, 5.41) is 3.72. The zero-order chi connectivity index (χ0) is 13.1. The summed E-state index contributed by atoms with van der Waals surface area (Å²) in [5.74, 6) is 1.85. The third-order valence-corrected chi connectivity index (χ3v) is 3.75. The van der Waals surface area contributed by atoms with Crippen LogP contribution >= 0.6 is 27.7 Å². The molecule has 1 fully saturated rings. The van der Waals surface area contributed by atoms with E-state index in [1.54, 1.807) is 0 Å². The van der Waals surface area contributed by atoms with Crippen molar-refractivity contribution in [2.45, 2.75) is 43.7 Å². The van der Waals surface area contributed by atoms with Gasteiger partial charge in [-0.2, -0.15) is 0 Å². The van der Waals surface area contributed by atoms with Crippen LogP contribution in [0.4, 0.5) is 0 Å². The fourth-order valence-electron chi connectivity index (χ4n) is 1.51. The molecule has 0 radical (unpaired) electrons. The van der Waals surface area contributed by atoms with Crippen molar-refractivity contribution in [1.82, 2.24) is 15.3 Å². The highest BCUT2D eigenvalue weighted by Gasteiger charge is 2.27. The number of amides is 1. The van der Waals surface area contributed by atoms with Crippen LogP contribution in [0.3, 0.4) is 0 Å². The van der Waals surface area contributed by atoms with E-state index in [9.17, 15) is 4.79 Å². The van der Waals surface area contributed by atoms with Gasteiger partial charge in [-0.15, -0.1) is 0 Å².